The molecule has 0 aliphatic heterocycles. The zero-order valence-corrected chi connectivity index (χ0v) is 13.2. The summed E-state index contributed by atoms with van der Waals surface area (Å²) in [6.07, 6.45) is 5.52. The Morgan fingerprint density at radius 1 is 1.18 bits per heavy atom. The maximum atomic E-state index is 12.2. The Balaban J connectivity index is 1.87. The third-order valence-electron chi connectivity index (χ3n) is 4.00. The lowest BCUT2D eigenvalue weighted by molar-refractivity contribution is -0.121. The van der Waals surface area contributed by atoms with Gasteiger partial charge in [-0.05, 0) is 37.6 Å². The monoisotopic (exact) mass is 303 g/mol. The summed E-state index contributed by atoms with van der Waals surface area (Å²) < 4.78 is 0. The molecule has 2 amide bonds. The normalized spacial score (nSPS) is 15.3. The van der Waals surface area contributed by atoms with Crippen molar-refractivity contribution in [2.75, 3.05) is 18.9 Å². The Morgan fingerprint density at radius 3 is 2.68 bits per heavy atom. The van der Waals surface area contributed by atoms with Gasteiger partial charge in [0.2, 0.25) is 11.8 Å². The summed E-state index contributed by atoms with van der Waals surface area (Å²) in [5.74, 6) is 0.225. The number of likely N-dealkylation sites (N-methyl/N-ethyl adjacent to an activating group) is 1. The van der Waals surface area contributed by atoms with Gasteiger partial charge in [0, 0.05) is 18.2 Å². The molecule has 1 aromatic carbocycles. The molecule has 22 heavy (non-hydrogen) atoms. The zero-order valence-electron chi connectivity index (χ0n) is 13.2. The van der Waals surface area contributed by atoms with Crippen molar-refractivity contribution in [1.29, 1.82) is 0 Å². The fraction of sp³-hybridized carbons (Fsp3) is 0.529. The van der Waals surface area contributed by atoms with Crippen LogP contribution in [0.15, 0.2) is 24.3 Å². The third-order valence-corrected chi connectivity index (χ3v) is 4.00. The van der Waals surface area contributed by atoms with E-state index < -0.39 is 0 Å². The molecule has 5 heteroatoms. The molecule has 0 heterocycles. The molecule has 120 valence electrons. The van der Waals surface area contributed by atoms with Gasteiger partial charge >= 0.3 is 0 Å². The van der Waals surface area contributed by atoms with E-state index in [9.17, 15) is 9.59 Å². The van der Waals surface area contributed by atoms with Crippen LogP contribution in [0.3, 0.4) is 0 Å². The molecule has 0 bridgehead atoms. The molecular weight excluding hydrogens is 278 g/mol. The fourth-order valence-corrected chi connectivity index (χ4v) is 2.79. The molecule has 5 nitrogen and oxygen atoms in total. The fourth-order valence-electron chi connectivity index (χ4n) is 2.79. The summed E-state index contributed by atoms with van der Waals surface area (Å²) in [4.78, 5) is 23.7. The number of carbonyl (C=O) groups is 2. The van der Waals surface area contributed by atoms with Crippen molar-refractivity contribution in [2.45, 2.75) is 38.6 Å². The van der Waals surface area contributed by atoms with Crippen molar-refractivity contribution in [3.63, 3.8) is 0 Å². The number of nitrogens with one attached hydrogen (secondary N) is 3. The lowest BCUT2D eigenvalue weighted by Crippen LogP contribution is -2.31. The topological polar surface area (TPSA) is 70.2 Å². The van der Waals surface area contributed by atoms with Gasteiger partial charge in [0.25, 0.3) is 0 Å². The van der Waals surface area contributed by atoms with Gasteiger partial charge in [-0.1, -0.05) is 31.4 Å². The molecule has 0 saturated heterocycles. The van der Waals surface area contributed by atoms with Crippen molar-refractivity contribution in [3.05, 3.63) is 29.8 Å². The maximum Gasteiger partial charge on any atom is 0.234 e. The number of carbonyl (C=O) groups excluding carboxylic acids is 2. The van der Waals surface area contributed by atoms with E-state index >= 15 is 0 Å². The van der Waals surface area contributed by atoms with Crippen LogP contribution in [-0.4, -0.2) is 25.4 Å². The largest absolute Gasteiger partial charge is 0.351 e. The van der Waals surface area contributed by atoms with Crippen molar-refractivity contribution in [3.8, 4) is 0 Å². The number of hydrogen-bond acceptors (Lipinski definition) is 3. The number of hydrogen-bond donors (Lipinski definition) is 3. The standard InChI is InChI=1S/C17H25N3O2/c1-18-12-16(21)19-11-13-6-5-9-15(10-13)20-17(22)14-7-3-2-4-8-14/h5-6,9-10,14,18H,2-4,7-8,11-12H2,1H3,(H,19,21)(H,20,22). The minimum absolute atomic E-state index is 0.0425. The van der Waals surface area contributed by atoms with Gasteiger partial charge in [-0.2, -0.15) is 0 Å². The first-order valence-electron chi connectivity index (χ1n) is 8.00. The second kappa shape index (κ2) is 8.54. The highest BCUT2D eigenvalue weighted by Gasteiger charge is 2.20. The smallest absolute Gasteiger partial charge is 0.234 e. The molecule has 2 rings (SSSR count). The maximum absolute atomic E-state index is 12.2. The Hall–Kier alpha value is -1.88. The SMILES string of the molecule is CNCC(=O)NCc1cccc(NC(=O)C2CCCCC2)c1. The number of rotatable bonds is 6. The predicted molar refractivity (Wildman–Crippen MR) is 87.4 cm³/mol. The van der Waals surface area contributed by atoms with Crippen molar-refractivity contribution in [2.24, 2.45) is 5.92 Å². The molecule has 0 radical (unpaired) electrons. The van der Waals surface area contributed by atoms with E-state index in [1.165, 1.54) is 6.42 Å². The van der Waals surface area contributed by atoms with Gasteiger partial charge in [-0.3, -0.25) is 9.59 Å². The molecule has 1 saturated carbocycles. The van der Waals surface area contributed by atoms with Crippen LogP contribution < -0.4 is 16.0 Å². The van der Waals surface area contributed by atoms with E-state index in [2.05, 4.69) is 16.0 Å². The van der Waals surface area contributed by atoms with E-state index in [1.54, 1.807) is 7.05 Å². The highest BCUT2D eigenvalue weighted by Crippen LogP contribution is 2.25. The van der Waals surface area contributed by atoms with Gasteiger partial charge in [0.05, 0.1) is 6.54 Å². The quantitative estimate of drug-likeness (QED) is 0.753. The van der Waals surface area contributed by atoms with Crippen molar-refractivity contribution in [1.82, 2.24) is 10.6 Å². The van der Waals surface area contributed by atoms with Crippen LogP contribution in [0.5, 0.6) is 0 Å². The Labute approximate surface area is 131 Å². The second-order valence-corrected chi connectivity index (χ2v) is 5.83. The molecule has 0 spiro atoms. The minimum Gasteiger partial charge on any atom is -0.351 e. The average molecular weight is 303 g/mol. The van der Waals surface area contributed by atoms with Crippen LogP contribution in [0.25, 0.3) is 0 Å². The van der Waals surface area contributed by atoms with Gasteiger partial charge in [-0.25, -0.2) is 0 Å². The van der Waals surface area contributed by atoms with E-state index in [4.69, 9.17) is 0 Å². The summed E-state index contributed by atoms with van der Waals surface area (Å²) in [6.45, 7) is 0.770. The predicted octanol–water partition coefficient (Wildman–Crippen LogP) is 2.04. The molecule has 0 atom stereocenters. The van der Waals surface area contributed by atoms with Gasteiger partial charge in [0.15, 0.2) is 0 Å². The Bertz CT molecular complexity index is 510. The van der Waals surface area contributed by atoms with E-state index in [1.807, 2.05) is 24.3 Å². The van der Waals surface area contributed by atoms with E-state index in [0.29, 0.717) is 13.1 Å². The van der Waals surface area contributed by atoms with Crippen LogP contribution >= 0.6 is 0 Å². The third kappa shape index (κ3) is 5.15. The number of anilines is 1. The summed E-state index contributed by atoms with van der Waals surface area (Å²) in [5.41, 5.74) is 1.78. The molecule has 3 N–H and O–H groups in total. The summed E-state index contributed by atoms with van der Waals surface area (Å²) in [6, 6.07) is 7.64. The lowest BCUT2D eigenvalue weighted by atomic mass is 9.88. The summed E-state index contributed by atoms with van der Waals surface area (Å²) >= 11 is 0. The van der Waals surface area contributed by atoms with Crippen molar-refractivity contribution >= 4 is 17.5 Å². The molecule has 0 aromatic heterocycles. The van der Waals surface area contributed by atoms with E-state index in [-0.39, 0.29) is 17.7 Å². The van der Waals surface area contributed by atoms with E-state index in [0.717, 1.165) is 36.9 Å². The van der Waals surface area contributed by atoms with Crippen LogP contribution in [-0.2, 0) is 16.1 Å². The Morgan fingerprint density at radius 2 is 1.95 bits per heavy atom. The second-order valence-electron chi connectivity index (χ2n) is 5.83. The van der Waals surface area contributed by atoms with Crippen LogP contribution in [0.1, 0.15) is 37.7 Å². The molecule has 1 aliphatic rings. The van der Waals surface area contributed by atoms with Gasteiger partial charge in [0.1, 0.15) is 0 Å². The Kier molecular flexibility index (Phi) is 6.40. The summed E-state index contributed by atoms with van der Waals surface area (Å²) in [5, 5.41) is 8.64. The van der Waals surface area contributed by atoms with Crippen molar-refractivity contribution < 1.29 is 9.59 Å². The molecule has 1 fully saturated rings. The first-order valence-corrected chi connectivity index (χ1v) is 8.00. The average Bonchev–Trinajstić information content (AvgIpc) is 2.54. The first kappa shape index (κ1) is 16.5. The van der Waals surface area contributed by atoms with Gasteiger partial charge < -0.3 is 16.0 Å². The highest BCUT2D eigenvalue weighted by atomic mass is 16.2. The number of amides is 2. The highest BCUT2D eigenvalue weighted by molar-refractivity contribution is 5.92. The molecule has 1 aliphatic carbocycles. The minimum atomic E-state index is -0.0425. The van der Waals surface area contributed by atoms with Crippen LogP contribution in [0.4, 0.5) is 5.69 Å². The van der Waals surface area contributed by atoms with Gasteiger partial charge in [-0.15, -0.1) is 0 Å². The molecule has 0 unspecified atom stereocenters. The molecular formula is C17H25N3O2. The van der Waals surface area contributed by atoms with Crippen LogP contribution in [0.2, 0.25) is 0 Å². The lowest BCUT2D eigenvalue weighted by Gasteiger charge is -2.20. The van der Waals surface area contributed by atoms with Crippen LogP contribution in [0, 0.1) is 5.92 Å². The number of benzene rings is 1. The first-order chi connectivity index (χ1) is 10.7. The summed E-state index contributed by atoms with van der Waals surface area (Å²) in [7, 11) is 1.74. The zero-order chi connectivity index (χ0) is 15.8. The molecule has 1 aromatic rings.